The van der Waals surface area contributed by atoms with Gasteiger partial charge in [-0.05, 0) is 24.0 Å². The fourth-order valence-electron chi connectivity index (χ4n) is 3.76. The zero-order valence-corrected chi connectivity index (χ0v) is 16.1. The molecule has 0 spiro atoms. The number of nitrogens with zero attached hydrogens (tertiary/aromatic N) is 2. The number of hydrogen-bond acceptors (Lipinski definition) is 4. The van der Waals surface area contributed by atoms with Crippen LogP contribution in [0.3, 0.4) is 0 Å². The van der Waals surface area contributed by atoms with E-state index in [1.54, 1.807) is 12.1 Å². The molecule has 6 heteroatoms. The second-order valence-electron chi connectivity index (χ2n) is 7.02. The normalized spacial score (nSPS) is 18.2. The topological polar surface area (TPSA) is 64.0 Å². The molecular weight excluding hydrogens is 358 g/mol. The van der Waals surface area contributed by atoms with E-state index in [-0.39, 0.29) is 11.7 Å². The number of nitrogens with one attached hydrogen (secondary N) is 1. The third-order valence-corrected chi connectivity index (χ3v) is 6.90. The summed E-state index contributed by atoms with van der Waals surface area (Å²) in [6, 6.07) is 17.5. The van der Waals surface area contributed by atoms with Crippen molar-refractivity contribution >= 4 is 9.84 Å². The van der Waals surface area contributed by atoms with Crippen molar-refractivity contribution in [1.29, 1.82) is 0 Å². The maximum absolute atomic E-state index is 12.3. The summed E-state index contributed by atoms with van der Waals surface area (Å²) in [5.41, 5.74) is 4.16. The third-order valence-electron chi connectivity index (χ3n) is 5.09. The summed E-state index contributed by atoms with van der Waals surface area (Å²) < 4.78 is 26.4. The molecule has 0 bridgehead atoms. The number of rotatable bonds is 5. The zero-order chi connectivity index (χ0) is 18.9. The highest BCUT2D eigenvalue weighted by atomic mass is 32.2. The van der Waals surface area contributed by atoms with E-state index in [9.17, 15) is 8.42 Å². The fourth-order valence-corrected chi connectivity index (χ4v) is 5.46. The lowest BCUT2D eigenvalue weighted by atomic mass is 9.95. The Kier molecular flexibility index (Phi) is 4.85. The Morgan fingerprint density at radius 3 is 2.67 bits per heavy atom. The van der Waals surface area contributed by atoms with Crippen LogP contribution in [0.15, 0.2) is 65.7 Å². The summed E-state index contributed by atoms with van der Waals surface area (Å²) in [5, 5.41) is 8.11. The molecule has 0 aliphatic carbocycles. The Labute approximate surface area is 160 Å². The van der Waals surface area contributed by atoms with E-state index in [4.69, 9.17) is 0 Å². The van der Waals surface area contributed by atoms with Gasteiger partial charge in [0.05, 0.1) is 16.3 Å². The third kappa shape index (κ3) is 3.68. The van der Waals surface area contributed by atoms with E-state index in [1.807, 2.05) is 48.3 Å². The van der Waals surface area contributed by atoms with Gasteiger partial charge in [-0.1, -0.05) is 48.5 Å². The minimum absolute atomic E-state index is 0.210. The highest BCUT2D eigenvalue weighted by Gasteiger charge is 2.29. The maximum Gasteiger partial charge on any atom is 0.178 e. The Balaban J connectivity index is 1.49. The number of benzene rings is 2. The van der Waals surface area contributed by atoms with Crippen LogP contribution >= 0.6 is 0 Å². The molecule has 1 aromatic heterocycles. The summed E-state index contributed by atoms with van der Waals surface area (Å²) in [6.45, 7) is 1.44. The predicted octanol–water partition coefficient (Wildman–Crippen LogP) is 3.14. The molecule has 4 rings (SSSR count). The fraction of sp³-hybridized carbons (Fsp3) is 0.286. The quantitative estimate of drug-likeness (QED) is 0.737. The van der Waals surface area contributed by atoms with Crippen LogP contribution in [-0.4, -0.2) is 30.5 Å². The van der Waals surface area contributed by atoms with E-state index in [0.717, 1.165) is 28.9 Å². The van der Waals surface area contributed by atoms with E-state index < -0.39 is 9.84 Å². The highest BCUT2D eigenvalue weighted by Crippen LogP contribution is 2.33. The molecule has 1 N–H and O–H groups in total. The van der Waals surface area contributed by atoms with Gasteiger partial charge in [0.15, 0.2) is 9.84 Å². The minimum atomic E-state index is -3.13. The van der Waals surface area contributed by atoms with Gasteiger partial charge in [0.1, 0.15) is 0 Å². The first-order valence-electron chi connectivity index (χ1n) is 9.15. The van der Waals surface area contributed by atoms with Crippen LogP contribution in [0, 0.1) is 0 Å². The number of aryl methyl sites for hydroxylation is 1. The monoisotopic (exact) mass is 381 g/mol. The van der Waals surface area contributed by atoms with Crippen LogP contribution in [0.5, 0.6) is 0 Å². The molecule has 1 aliphatic heterocycles. The first-order valence-corrected chi connectivity index (χ1v) is 10.8. The molecule has 2 aromatic carbocycles. The van der Waals surface area contributed by atoms with E-state index in [0.29, 0.717) is 17.9 Å². The maximum atomic E-state index is 12.3. The summed E-state index contributed by atoms with van der Waals surface area (Å²) >= 11 is 0. The van der Waals surface area contributed by atoms with Crippen molar-refractivity contribution < 1.29 is 8.42 Å². The van der Waals surface area contributed by atoms with E-state index in [2.05, 4.69) is 22.5 Å². The van der Waals surface area contributed by atoms with Gasteiger partial charge in [-0.25, -0.2) is 8.42 Å². The molecule has 3 aromatic rings. The molecular formula is C21H23N3O2S. The van der Waals surface area contributed by atoms with Gasteiger partial charge in [0.25, 0.3) is 0 Å². The SMILES string of the molecule is Cn1cc(CNCC2CCS(=O)(=O)c3ccccc32)c(-c2ccccc2)n1. The van der Waals surface area contributed by atoms with Crippen LogP contribution < -0.4 is 5.32 Å². The first-order chi connectivity index (χ1) is 13.0. The largest absolute Gasteiger partial charge is 0.312 e. The van der Waals surface area contributed by atoms with Crippen molar-refractivity contribution in [2.24, 2.45) is 7.05 Å². The van der Waals surface area contributed by atoms with Gasteiger partial charge < -0.3 is 5.32 Å². The van der Waals surface area contributed by atoms with E-state index in [1.165, 1.54) is 0 Å². The smallest absolute Gasteiger partial charge is 0.178 e. The summed E-state index contributed by atoms with van der Waals surface area (Å²) in [6.07, 6.45) is 2.69. The summed E-state index contributed by atoms with van der Waals surface area (Å²) in [7, 11) is -1.20. The van der Waals surface area contributed by atoms with Gasteiger partial charge in [-0.15, -0.1) is 0 Å². The molecule has 1 aliphatic rings. The van der Waals surface area contributed by atoms with Crippen LogP contribution in [0.1, 0.15) is 23.5 Å². The minimum Gasteiger partial charge on any atom is -0.312 e. The van der Waals surface area contributed by atoms with Gasteiger partial charge >= 0.3 is 0 Å². The molecule has 0 fully saturated rings. The van der Waals surface area contributed by atoms with Gasteiger partial charge in [-0.2, -0.15) is 5.10 Å². The van der Waals surface area contributed by atoms with E-state index >= 15 is 0 Å². The van der Waals surface area contributed by atoms with Crippen molar-refractivity contribution in [3.8, 4) is 11.3 Å². The van der Waals surface area contributed by atoms with Crippen molar-refractivity contribution in [1.82, 2.24) is 15.1 Å². The average Bonchev–Trinajstić information content (AvgIpc) is 3.05. The highest BCUT2D eigenvalue weighted by molar-refractivity contribution is 7.91. The van der Waals surface area contributed by atoms with Gasteiger partial charge in [-0.3, -0.25) is 4.68 Å². The van der Waals surface area contributed by atoms with Crippen LogP contribution in [-0.2, 0) is 23.4 Å². The zero-order valence-electron chi connectivity index (χ0n) is 15.3. The van der Waals surface area contributed by atoms with Crippen molar-refractivity contribution in [3.63, 3.8) is 0 Å². The Morgan fingerprint density at radius 2 is 1.85 bits per heavy atom. The molecule has 1 atom stereocenters. The Morgan fingerprint density at radius 1 is 1.11 bits per heavy atom. The van der Waals surface area contributed by atoms with Crippen LogP contribution in [0.4, 0.5) is 0 Å². The molecule has 1 unspecified atom stereocenters. The Hall–Kier alpha value is -2.44. The molecule has 2 heterocycles. The number of fused-ring (bicyclic) bond motifs is 1. The molecule has 0 saturated carbocycles. The predicted molar refractivity (Wildman–Crippen MR) is 106 cm³/mol. The van der Waals surface area contributed by atoms with Crippen LogP contribution in [0.2, 0.25) is 0 Å². The average molecular weight is 382 g/mol. The molecule has 27 heavy (non-hydrogen) atoms. The van der Waals surface area contributed by atoms with Crippen LogP contribution in [0.25, 0.3) is 11.3 Å². The standard InChI is InChI=1S/C21H23N3O2S/c1-24-15-18(21(23-24)16-7-3-2-4-8-16)14-22-13-17-11-12-27(25,26)20-10-6-5-9-19(17)20/h2-10,15,17,22H,11-14H2,1H3. The molecule has 5 nitrogen and oxygen atoms in total. The number of aromatic nitrogens is 2. The lowest BCUT2D eigenvalue weighted by Gasteiger charge is -2.25. The van der Waals surface area contributed by atoms with Gasteiger partial charge in [0, 0.05) is 37.5 Å². The second-order valence-corrected chi connectivity index (χ2v) is 9.09. The van der Waals surface area contributed by atoms with Crippen molar-refractivity contribution in [2.45, 2.75) is 23.8 Å². The second kappa shape index (κ2) is 7.29. The molecule has 0 amide bonds. The summed E-state index contributed by atoms with van der Waals surface area (Å²) in [5.74, 6) is 0.431. The number of hydrogen-bond donors (Lipinski definition) is 1. The lowest BCUT2D eigenvalue weighted by Crippen LogP contribution is -2.28. The Bertz CT molecular complexity index is 1040. The first kappa shape index (κ1) is 17.9. The van der Waals surface area contributed by atoms with Crippen molar-refractivity contribution in [2.75, 3.05) is 12.3 Å². The molecule has 0 radical (unpaired) electrons. The lowest BCUT2D eigenvalue weighted by molar-refractivity contribution is 0.533. The molecule has 140 valence electrons. The van der Waals surface area contributed by atoms with Gasteiger partial charge in [0.2, 0.25) is 0 Å². The number of sulfone groups is 1. The van der Waals surface area contributed by atoms with Crippen molar-refractivity contribution in [3.05, 3.63) is 71.9 Å². The summed E-state index contributed by atoms with van der Waals surface area (Å²) in [4.78, 5) is 0.495. The molecule has 0 saturated heterocycles.